The van der Waals surface area contributed by atoms with Crippen LogP contribution in [0, 0.1) is 6.92 Å². The Morgan fingerprint density at radius 3 is 2.46 bits per heavy atom. The van der Waals surface area contributed by atoms with Gasteiger partial charge in [0, 0.05) is 28.8 Å². The van der Waals surface area contributed by atoms with Crippen LogP contribution in [0.25, 0.3) is 0 Å². The van der Waals surface area contributed by atoms with E-state index in [-0.39, 0.29) is 0 Å². The lowest BCUT2D eigenvalue weighted by atomic mass is 9.86. The van der Waals surface area contributed by atoms with E-state index in [0.717, 1.165) is 42.0 Å². The number of aryl methyl sites for hydroxylation is 1. The Bertz CT molecular complexity index is 643. The van der Waals surface area contributed by atoms with Gasteiger partial charge in [0.05, 0.1) is 14.2 Å². The van der Waals surface area contributed by atoms with Crippen LogP contribution in [0.3, 0.4) is 0 Å². The summed E-state index contributed by atoms with van der Waals surface area (Å²) >= 11 is 6.14. The predicted octanol–water partition coefficient (Wildman–Crippen LogP) is 4.91. The predicted molar refractivity (Wildman–Crippen MR) is 100.0 cm³/mol. The standard InChI is InChI=1S/C20H26ClNO2/c1-13-8-16(10-17(21)9-13)12-22-18-6-7-19(14(2)23-4)20(11-18)15(3)24-5/h8-10,18,22H,2-3,6-7,11-12H2,1,4-5H3. The van der Waals surface area contributed by atoms with Crippen LogP contribution in [0.4, 0.5) is 0 Å². The van der Waals surface area contributed by atoms with Gasteiger partial charge in [-0.3, -0.25) is 0 Å². The fourth-order valence-electron chi connectivity index (χ4n) is 3.13. The maximum absolute atomic E-state index is 6.14. The molecule has 0 radical (unpaired) electrons. The number of hydrogen-bond acceptors (Lipinski definition) is 3. The fraction of sp³-hybridized carbons (Fsp3) is 0.400. The number of rotatable bonds is 7. The first-order valence-corrected chi connectivity index (χ1v) is 8.50. The molecule has 3 nitrogen and oxygen atoms in total. The Hall–Kier alpha value is -1.71. The molecule has 1 N–H and O–H groups in total. The van der Waals surface area contributed by atoms with Gasteiger partial charge in [-0.15, -0.1) is 0 Å². The van der Waals surface area contributed by atoms with Crippen molar-refractivity contribution in [2.75, 3.05) is 14.2 Å². The van der Waals surface area contributed by atoms with Crippen LogP contribution in [0.5, 0.6) is 0 Å². The Kier molecular flexibility index (Phi) is 6.52. The third-order valence-electron chi connectivity index (χ3n) is 4.42. The Balaban J connectivity index is 2.07. The molecule has 1 atom stereocenters. The van der Waals surface area contributed by atoms with Gasteiger partial charge in [-0.2, -0.15) is 0 Å². The number of hydrogen-bond donors (Lipinski definition) is 1. The molecule has 0 amide bonds. The zero-order valence-corrected chi connectivity index (χ0v) is 15.5. The normalized spacial score (nSPS) is 17.6. The summed E-state index contributed by atoms with van der Waals surface area (Å²) in [6, 6.07) is 6.50. The minimum absolute atomic E-state index is 0.361. The van der Waals surface area contributed by atoms with Crippen LogP contribution < -0.4 is 5.32 Å². The minimum Gasteiger partial charge on any atom is -0.497 e. The van der Waals surface area contributed by atoms with Crippen molar-refractivity contribution in [1.29, 1.82) is 0 Å². The minimum atomic E-state index is 0.361. The first-order valence-electron chi connectivity index (χ1n) is 8.12. The van der Waals surface area contributed by atoms with Gasteiger partial charge < -0.3 is 14.8 Å². The Morgan fingerprint density at radius 2 is 1.83 bits per heavy atom. The van der Waals surface area contributed by atoms with Gasteiger partial charge in [-0.1, -0.05) is 30.8 Å². The summed E-state index contributed by atoms with van der Waals surface area (Å²) in [7, 11) is 3.29. The Labute approximate surface area is 150 Å². The van der Waals surface area contributed by atoms with E-state index in [1.54, 1.807) is 14.2 Å². The molecule has 130 valence electrons. The molecule has 0 saturated carbocycles. The molecule has 2 rings (SSSR count). The zero-order valence-electron chi connectivity index (χ0n) is 14.7. The summed E-state index contributed by atoms with van der Waals surface area (Å²) in [5, 5.41) is 4.40. The highest BCUT2D eigenvalue weighted by atomic mass is 35.5. The molecule has 0 saturated heterocycles. The van der Waals surface area contributed by atoms with Crippen molar-refractivity contribution in [2.45, 2.75) is 38.8 Å². The number of ether oxygens (including phenoxy) is 2. The highest BCUT2D eigenvalue weighted by Crippen LogP contribution is 2.33. The smallest absolute Gasteiger partial charge is 0.115 e. The largest absolute Gasteiger partial charge is 0.497 e. The molecule has 1 aliphatic carbocycles. The van der Waals surface area contributed by atoms with E-state index in [1.807, 2.05) is 12.1 Å². The summed E-state index contributed by atoms with van der Waals surface area (Å²) < 4.78 is 10.7. The molecule has 1 aliphatic rings. The number of methoxy groups -OCH3 is 2. The highest BCUT2D eigenvalue weighted by molar-refractivity contribution is 6.30. The van der Waals surface area contributed by atoms with Gasteiger partial charge in [0.25, 0.3) is 0 Å². The second kappa shape index (κ2) is 8.41. The van der Waals surface area contributed by atoms with Crippen LogP contribution in [0.1, 0.15) is 30.4 Å². The molecule has 0 bridgehead atoms. The average molecular weight is 348 g/mol. The van der Waals surface area contributed by atoms with Crippen molar-refractivity contribution in [3.63, 3.8) is 0 Å². The third-order valence-corrected chi connectivity index (χ3v) is 4.64. The van der Waals surface area contributed by atoms with E-state index in [1.165, 1.54) is 11.1 Å². The molecule has 0 fully saturated rings. The van der Waals surface area contributed by atoms with Crippen molar-refractivity contribution >= 4 is 11.6 Å². The first-order chi connectivity index (χ1) is 11.4. The van der Waals surface area contributed by atoms with Crippen LogP contribution in [0.15, 0.2) is 54.0 Å². The SMILES string of the molecule is C=C(OC)C1=C(C(=C)OC)CC(NCc2cc(C)cc(Cl)c2)CC1. The monoisotopic (exact) mass is 347 g/mol. The second-order valence-electron chi connectivity index (χ2n) is 6.17. The van der Waals surface area contributed by atoms with Gasteiger partial charge in [-0.25, -0.2) is 0 Å². The van der Waals surface area contributed by atoms with Crippen LogP contribution in [-0.2, 0) is 16.0 Å². The van der Waals surface area contributed by atoms with Gasteiger partial charge in [-0.05, 0) is 49.4 Å². The number of halogens is 1. The molecule has 0 aliphatic heterocycles. The third kappa shape index (κ3) is 4.65. The number of benzene rings is 1. The lowest BCUT2D eigenvalue weighted by Gasteiger charge is -2.29. The second-order valence-corrected chi connectivity index (χ2v) is 6.61. The molecule has 24 heavy (non-hydrogen) atoms. The topological polar surface area (TPSA) is 30.5 Å². The van der Waals surface area contributed by atoms with Crippen molar-refractivity contribution in [1.82, 2.24) is 5.32 Å². The fourth-order valence-corrected chi connectivity index (χ4v) is 3.44. The maximum Gasteiger partial charge on any atom is 0.115 e. The summed E-state index contributed by atoms with van der Waals surface area (Å²) in [6.07, 6.45) is 2.78. The zero-order chi connectivity index (χ0) is 17.7. The lowest BCUT2D eigenvalue weighted by molar-refractivity contribution is 0.278. The van der Waals surface area contributed by atoms with E-state index in [0.29, 0.717) is 17.6 Å². The molecule has 1 aromatic carbocycles. The molecular formula is C20H26ClNO2. The van der Waals surface area contributed by atoms with Gasteiger partial charge in [0.15, 0.2) is 0 Å². The van der Waals surface area contributed by atoms with Crippen LogP contribution in [0.2, 0.25) is 5.02 Å². The molecular weight excluding hydrogens is 322 g/mol. The van der Waals surface area contributed by atoms with E-state index in [4.69, 9.17) is 21.1 Å². The average Bonchev–Trinajstić information content (AvgIpc) is 2.57. The van der Waals surface area contributed by atoms with E-state index < -0.39 is 0 Å². The summed E-state index contributed by atoms with van der Waals surface area (Å²) in [5.41, 5.74) is 4.58. The van der Waals surface area contributed by atoms with Gasteiger partial charge >= 0.3 is 0 Å². The first kappa shape index (κ1) is 18.6. The van der Waals surface area contributed by atoms with E-state index in [2.05, 4.69) is 31.5 Å². The lowest BCUT2D eigenvalue weighted by Crippen LogP contribution is -2.32. The van der Waals surface area contributed by atoms with Gasteiger partial charge in [0.1, 0.15) is 11.5 Å². The van der Waals surface area contributed by atoms with E-state index >= 15 is 0 Å². The quantitative estimate of drug-likeness (QED) is 0.711. The molecule has 0 aromatic heterocycles. The van der Waals surface area contributed by atoms with Crippen molar-refractivity contribution < 1.29 is 9.47 Å². The number of allylic oxidation sites excluding steroid dienone is 2. The van der Waals surface area contributed by atoms with Crippen LogP contribution in [-0.4, -0.2) is 20.3 Å². The van der Waals surface area contributed by atoms with Crippen molar-refractivity contribution in [2.24, 2.45) is 0 Å². The summed E-state index contributed by atoms with van der Waals surface area (Å²) in [5.74, 6) is 1.39. The molecule has 1 aromatic rings. The van der Waals surface area contributed by atoms with Crippen LogP contribution >= 0.6 is 11.6 Å². The highest BCUT2D eigenvalue weighted by Gasteiger charge is 2.24. The van der Waals surface area contributed by atoms with Crippen molar-refractivity contribution in [3.8, 4) is 0 Å². The Morgan fingerprint density at radius 1 is 1.17 bits per heavy atom. The molecule has 0 spiro atoms. The van der Waals surface area contributed by atoms with Gasteiger partial charge in [0.2, 0.25) is 0 Å². The van der Waals surface area contributed by atoms with Crippen molar-refractivity contribution in [3.05, 3.63) is 70.2 Å². The summed E-state index contributed by atoms with van der Waals surface area (Å²) in [6.45, 7) is 10.9. The molecule has 4 heteroatoms. The molecule has 0 heterocycles. The van der Waals surface area contributed by atoms with E-state index in [9.17, 15) is 0 Å². The molecule has 1 unspecified atom stereocenters. The maximum atomic E-state index is 6.14. The summed E-state index contributed by atoms with van der Waals surface area (Å²) in [4.78, 5) is 0. The number of nitrogens with one attached hydrogen (secondary N) is 1.